The van der Waals surface area contributed by atoms with E-state index >= 15 is 0 Å². The van der Waals surface area contributed by atoms with Gasteiger partial charge in [-0.1, -0.05) is 13.0 Å². The lowest BCUT2D eigenvalue weighted by atomic mass is 10.1. The van der Waals surface area contributed by atoms with Gasteiger partial charge in [0.15, 0.2) is 5.78 Å². The lowest BCUT2D eigenvalue weighted by Crippen LogP contribution is -1.95. The molecule has 1 rings (SSSR count). The Hall–Kier alpha value is -1.57. The zero-order valence-electron chi connectivity index (χ0n) is 9.19. The number of rotatable bonds is 5. The average molecular weight is 204 g/mol. The summed E-state index contributed by atoms with van der Waals surface area (Å²) in [5.74, 6) is 0.841. The molecule has 1 aromatic rings. The summed E-state index contributed by atoms with van der Waals surface area (Å²) in [6.07, 6.45) is 4.34. The van der Waals surface area contributed by atoms with Gasteiger partial charge in [-0.15, -0.1) is 0 Å². The maximum Gasteiger partial charge on any atom is 0.185 e. The minimum absolute atomic E-state index is 0.0416. The smallest absolute Gasteiger partial charge is 0.185 e. The molecule has 2 nitrogen and oxygen atoms in total. The summed E-state index contributed by atoms with van der Waals surface area (Å²) in [5, 5.41) is 0. The molecule has 1 aromatic carbocycles. The predicted molar refractivity (Wildman–Crippen MR) is 61.4 cm³/mol. The lowest BCUT2D eigenvalue weighted by molar-refractivity contribution is 0.104. The molecule has 0 aromatic heterocycles. The summed E-state index contributed by atoms with van der Waals surface area (Å²) in [6, 6.07) is 7.20. The Balaban J connectivity index is 2.71. The molecule has 0 heterocycles. The largest absolute Gasteiger partial charge is 0.494 e. The number of hydrogen-bond acceptors (Lipinski definition) is 2. The second-order valence-electron chi connectivity index (χ2n) is 3.13. The van der Waals surface area contributed by atoms with Crippen molar-refractivity contribution in [2.45, 2.75) is 20.3 Å². The predicted octanol–water partition coefficient (Wildman–Crippen LogP) is 3.23. The third-order valence-corrected chi connectivity index (χ3v) is 1.95. The van der Waals surface area contributed by atoms with Crippen LogP contribution in [0.25, 0.3) is 0 Å². The molecule has 0 saturated heterocycles. The summed E-state index contributed by atoms with van der Waals surface area (Å²) in [5.41, 5.74) is 0.697. The highest BCUT2D eigenvalue weighted by molar-refractivity contribution is 6.04. The molecule has 0 amide bonds. The van der Waals surface area contributed by atoms with Crippen molar-refractivity contribution in [3.63, 3.8) is 0 Å². The van der Waals surface area contributed by atoms with Gasteiger partial charge in [0, 0.05) is 5.56 Å². The molecule has 0 aliphatic carbocycles. The zero-order chi connectivity index (χ0) is 11.1. The Labute approximate surface area is 90.6 Å². The molecule has 0 saturated carbocycles. The van der Waals surface area contributed by atoms with Crippen LogP contribution in [0.15, 0.2) is 36.4 Å². The van der Waals surface area contributed by atoms with Crippen LogP contribution < -0.4 is 4.74 Å². The van der Waals surface area contributed by atoms with E-state index in [1.54, 1.807) is 18.2 Å². The van der Waals surface area contributed by atoms with Crippen molar-refractivity contribution in [3.8, 4) is 5.75 Å². The minimum atomic E-state index is 0.0416. The van der Waals surface area contributed by atoms with Crippen molar-refractivity contribution in [1.82, 2.24) is 0 Å². The van der Waals surface area contributed by atoms with Gasteiger partial charge in [-0.3, -0.25) is 4.79 Å². The minimum Gasteiger partial charge on any atom is -0.494 e. The normalized spacial score (nSPS) is 10.5. The molecule has 0 bridgehead atoms. The molecular weight excluding hydrogens is 188 g/mol. The first-order chi connectivity index (χ1) is 7.27. The van der Waals surface area contributed by atoms with Crippen LogP contribution >= 0.6 is 0 Å². The summed E-state index contributed by atoms with van der Waals surface area (Å²) < 4.78 is 5.29. The number of allylic oxidation sites excluding steroid dienone is 2. The van der Waals surface area contributed by atoms with E-state index in [-0.39, 0.29) is 5.78 Å². The summed E-state index contributed by atoms with van der Waals surface area (Å²) in [6.45, 7) is 4.58. The summed E-state index contributed by atoms with van der Waals surface area (Å²) in [7, 11) is 0. The number of hydrogen-bond donors (Lipinski definition) is 0. The van der Waals surface area contributed by atoms with Crippen LogP contribution in [-0.4, -0.2) is 12.4 Å². The summed E-state index contributed by atoms with van der Waals surface area (Å²) in [4.78, 5) is 11.5. The molecule has 0 aliphatic heterocycles. The van der Waals surface area contributed by atoms with Crippen LogP contribution in [0, 0.1) is 0 Å². The van der Waals surface area contributed by atoms with Gasteiger partial charge in [-0.05, 0) is 43.7 Å². The molecule has 0 atom stereocenters. The van der Waals surface area contributed by atoms with Gasteiger partial charge in [0.05, 0.1) is 6.61 Å². The van der Waals surface area contributed by atoms with Gasteiger partial charge < -0.3 is 4.74 Å². The van der Waals surface area contributed by atoms with Gasteiger partial charge in [-0.2, -0.15) is 0 Å². The first kappa shape index (κ1) is 11.5. The van der Waals surface area contributed by atoms with E-state index in [9.17, 15) is 4.79 Å². The molecule has 0 fully saturated rings. The Morgan fingerprint density at radius 1 is 1.27 bits per heavy atom. The molecule has 0 radical (unpaired) electrons. The first-order valence-corrected chi connectivity index (χ1v) is 5.21. The average Bonchev–Trinajstić information content (AvgIpc) is 2.27. The standard InChI is InChI=1S/C13H16O2/c1-3-5-6-13(14)11-7-9-12(10-8-11)15-4-2/h5-10H,3-4H2,1-2H3/b6-5+. The maximum atomic E-state index is 11.5. The number of benzene rings is 1. The molecule has 15 heavy (non-hydrogen) atoms. The van der Waals surface area contributed by atoms with Gasteiger partial charge in [0.2, 0.25) is 0 Å². The lowest BCUT2D eigenvalue weighted by Gasteiger charge is -2.02. The van der Waals surface area contributed by atoms with Crippen molar-refractivity contribution >= 4 is 5.78 Å². The quantitative estimate of drug-likeness (QED) is 0.543. The van der Waals surface area contributed by atoms with Crippen LogP contribution in [0.4, 0.5) is 0 Å². The van der Waals surface area contributed by atoms with E-state index in [0.29, 0.717) is 12.2 Å². The summed E-state index contributed by atoms with van der Waals surface area (Å²) >= 11 is 0. The topological polar surface area (TPSA) is 26.3 Å². The van der Waals surface area contributed by atoms with Crippen LogP contribution in [0.2, 0.25) is 0 Å². The number of carbonyl (C=O) groups excluding carboxylic acids is 1. The van der Waals surface area contributed by atoms with Crippen molar-refractivity contribution in [2.75, 3.05) is 6.61 Å². The molecule has 0 spiro atoms. The molecule has 0 unspecified atom stereocenters. The van der Waals surface area contributed by atoms with Crippen LogP contribution in [0.1, 0.15) is 30.6 Å². The van der Waals surface area contributed by atoms with E-state index in [1.165, 1.54) is 0 Å². The highest BCUT2D eigenvalue weighted by Gasteiger charge is 2.00. The first-order valence-electron chi connectivity index (χ1n) is 5.21. The number of ketones is 1. The molecule has 80 valence electrons. The van der Waals surface area contributed by atoms with Gasteiger partial charge in [-0.25, -0.2) is 0 Å². The SMILES string of the molecule is CC/C=C/C(=O)c1ccc(OCC)cc1. The van der Waals surface area contributed by atoms with Gasteiger partial charge in [0.25, 0.3) is 0 Å². The van der Waals surface area contributed by atoms with Crippen molar-refractivity contribution < 1.29 is 9.53 Å². The second kappa shape index (κ2) is 6.02. The fourth-order valence-corrected chi connectivity index (χ4v) is 1.20. The fraction of sp³-hybridized carbons (Fsp3) is 0.308. The van der Waals surface area contributed by atoms with E-state index in [4.69, 9.17) is 4.74 Å². The Kier molecular flexibility index (Phi) is 4.61. The molecular formula is C13H16O2. The van der Waals surface area contributed by atoms with Crippen molar-refractivity contribution in [2.24, 2.45) is 0 Å². The van der Waals surface area contributed by atoms with Crippen LogP contribution in [0.3, 0.4) is 0 Å². The van der Waals surface area contributed by atoms with Crippen LogP contribution in [-0.2, 0) is 0 Å². The van der Waals surface area contributed by atoms with E-state index in [2.05, 4.69) is 0 Å². The van der Waals surface area contributed by atoms with Gasteiger partial charge >= 0.3 is 0 Å². The van der Waals surface area contributed by atoms with E-state index in [1.807, 2.05) is 32.1 Å². The number of ether oxygens (including phenoxy) is 1. The molecule has 0 N–H and O–H groups in total. The van der Waals surface area contributed by atoms with E-state index < -0.39 is 0 Å². The van der Waals surface area contributed by atoms with Crippen molar-refractivity contribution in [1.29, 1.82) is 0 Å². The van der Waals surface area contributed by atoms with E-state index in [0.717, 1.165) is 12.2 Å². The third kappa shape index (κ3) is 3.58. The van der Waals surface area contributed by atoms with Crippen LogP contribution in [0.5, 0.6) is 5.75 Å². The highest BCUT2D eigenvalue weighted by atomic mass is 16.5. The monoisotopic (exact) mass is 204 g/mol. The van der Waals surface area contributed by atoms with Crippen molar-refractivity contribution in [3.05, 3.63) is 42.0 Å². The Morgan fingerprint density at radius 3 is 2.47 bits per heavy atom. The highest BCUT2D eigenvalue weighted by Crippen LogP contribution is 2.12. The maximum absolute atomic E-state index is 11.5. The zero-order valence-corrected chi connectivity index (χ0v) is 9.19. The number of carbonyl (C=O) groups is 1. The molecule has 2 heteroatoms. The second-order valence-corrected chi connectivity index (χ2v) is 3.13. The fourth-order valence-electron chi connectivity index (χ4n) is 1.20. The Bertz CT molecular complexity index is 336. The Morgan fingerprint density at radius 2 is 1.93 bits per heavy atom. The van der Waals surface area contributed by atoms with Gasteiger partial charge in [0.1, 0.15) is 5.75 Å². The molecule has 0 aliphatic rings. The third-order valence-electron chi connectivity index (χ3n) is 1.95.